The molecule has 7 nitrogen and oxygen atoms in total. The second kappa shape index (κ2) is 6.35. The van der Waals surface area contributed by atoms with E-state index in [2.05, 4.69) is 10.4 Å². The van der Waals surface area contributed by atoms with Crippen molar-refractivity contribution in [2.24, 2.45) is 0 Å². The number of benzene rings is 1. The van der Waals surface area contributed by atoms with Crippen LogP contribution in [0.25, 0.3) is 0 Å². The van der Waals surface area contributed by atoms with Gasteiger partial charge >= 0.3 is 5.97 Å². The van der Waals surface area contributed by atoms with Crippen molar-refractivity contribution in [1.29, 1.82) is 0 Å². The lowest BCUT2D eigenvalue weighted by Gasteiger charge is -2.20. The molecule has 1 aliphatic rings. The van der Waals surface area contributed by atoms with E-state index in [0.29, 0.717) is 11.4 Å². The van der Waals surface area contributed by atoms with Crippen molar-refractivity contribution in [2.75, 3.05) is 11.9 Å². The molecule has 0 spiro atoms. The molecule has 0 fully saturated rings. The van der Waals surface area contributed by atoms with Crippen molar-refractivity contribution in [3.8, 4) is 5.75 Å². The summed E-state index contributed by atoms with van der Waals surface area (Å²) in [5, 5.41) is 6.94. The van der Waals surface area contributed by atoms with Gasteiger partial charge in [-0.2, -0.15) is 5.10 Å². The summed E-state index contributed by atoms with van der Waals surface area (Å²) in [6.07, 6.45) is 1.27. The van der Waals surface area contributed by atoms with Gasteiger partial charge in [-0.3, -0.25) is 9.48 Å². The molecule has 0 unspecified atom stereocenters. The first-order chi connectivity index (χ1) is 11.4. The van der Waals surface area contributed by atoms with Crippen LogP contribution in [-0.4, -0.2) is 28.3 Å². The maximum atomic E-state index is 12.2. The molecule has 0 aliphatic carbocycles. The first-order valence-corrected chi connectivity index (χ1v) is 7.77. The number of ether oxygens (including phenoxy) is 2. The van der Waals surface area contributed by atoms with Crippen molar-refractivity contribution in [3.05, 3.63) is 41.7 Å². The quantitative estimate of drug-likeness (QED) is 0.872. The predicted octanol–water partition coefficient (Wildman–Crippen LogP) is 2.71. The number of aromatic nitrogens is 2. The van der Waals surface area contributed by atoms with Gasteiger partial charge in [0, 0.05) is 12.2 Å². The highest BCUT2D eigenvalue weighted by Gasteiger charge is 2.20. The lowest BCUT2D eigenvalue weighted by atomic mass is 10.1. The molecule has 3 rings (SSSR count). The molecule has 1 aromatic carbocycles. The molecular formula is C17H19N3O4. The third-order valence-electron chi connectivity index (χ3n) is 3.74. The Hall–Kier alpha value is -2.83. The van der Waals surface area contributed by atoms with Crippen LogP contribution in [0.2, 0.25) is 0 Å². The Kier molecular flexibility index (Phi) is 4.24. The molecule has 1 N–H and O–H groups in total. The van der Waals surface area contributed by atoms with E-state index in [0.717, 1.165) is 5.56 Å². The number of hydrogen-bond acceptors (Lipinski definition) is 5. The van der Waals surface area contributed by atoms with Crippen LogP contribution < -0.4 is 10.1 Å². The lowest BCUT2D eigenvalue weighted by molar-refractivity contribution is -0.118. The fraction of sp³-hybridized carbons (Fsp3) is 0.353. The summed E-state index contributed by atoms with van der Waals surface area (Å²) < 4.78 is 12.5. The third-order valence-corrected chi connectivity index (χ3v) is 3.74. The van der Waals surface area contributed by atoms with Crippen molar-refractivity contribution in [1.82, 2.24) is 9.78 Å². The Labute approximate surface area is 139 Å². The number of carbonyl (C=O) groups is 2. The topological polar surface area (TPSA) is 82.5 Å². The van der Waals surface area contributed by atoms with Gasteiger partial charge in [0.2, 0.25) is 0 Å². The van der Waals surface area contributed by atoms with Gasteiger partial charge in [-0.15, -0.1) is 0 Å². The number of hydrogen-bond donors (Lipinski definition) is 1. The number of nitrogens with zero attached hydrogens (tertiary/aromatic N) is 2. The smallest absolute Gasteiger partial charge is 0.359 e. The normalized spacial score (nSPS) is 14.6. The summed E-state index contributed by atoms with van der Waals surface area (Å²) in [4.78, 5) is 23.6. The van der Waals surface area contributed by atoms with Gasteiger partial charge in [-0.25, -0.2) is 4.79 Å². The van der Waals surface area contributed by atoms with Crippen LogP contribution in [-0.2, 0) is 9.53 Å². The molecule has 1 atom stereocenters. The van der Waals surface area contributed by atoms with Gasteiger partial charge in [-0.05, 0) is 44.5 Å². The van der Waals surface area contributed by atoms with Gasteiger partial charge in [-0.1, -0.05) is 6.07 Å². The van der Waals surface area contributed by atoms with E-state index in [9.17, 15) is 9.59 Å². The zero-order valence-electron chi connectivity index (χ0n) is 13.8. The molecule has 0 saturated carbocycles. The largest absolute Gasteiger partial charge is 0.482 e. The Morgan fingerprint density at radius 1 is 1.33 bits per heavy atom. The molecule has 0 radical (unpaired) electrons. The van der Waals surface area contributed by atoms with Crippen molar-refractivity contribution in [3.63, 3.8) is 0 Å². The highest BCUT2D eigenvalue weighted by atomic mass is 16.5. The highest BCUT2D eigenvalue weighted by molar-refractivity contribution is 5.95. The van der Waals surface area contributed by atoms with Crippen LogP contribution in [0.15, 0.2) is 30.5 Å². The molecule has 0 bridgehead atoms. The van der Waals surface area contributed by atoms with Gasteiger partial charge in [0.05, 0.1) is 5.69 Å². The van der Waals surface area contributed by atoms with Crippen LogP contribution in [0.3, 0.4) is 0 Å². The van der Waals surface area contributed by atoms with Crippen molar-refractivity contribution in [2.45, 2.75) is 32.9 Å². The fourth-order valence-corrected chi connectivity index (χ4v) is 2.38. The fourth-order valence-electron chi connectivity index (χ4n) is 2.38. The van der Waals surface area contributed by atoms with E-state index < -0.39 is 12.1 Å². The SMILES string of the molecule is CC(C)n1ccc(C(=O)O[C@@H](C)c2ccc3c(c2)NC(=O)CO3)n1. The van der Waals surface area contributed by atoms with Crippen LogP contribution in [0.4, 0.5) is 5.69 Å². The summed E-state index contributed by atoms with van der Waals surface area (Å²) in [6.45, 7) is 5.74. The number of nitrogens with one attached hydrogen (secondary N) is 1. The van der Waals surface area contributed by atoms with Gasteiger partial charge in [0.15, 0.2) is 12.3 Å². The second-order valence-electron chi connectivity index (χ2n) is 5.91. The van der Waals surface area contributed by atoms with Gasteiger partial charge in [0.1, 0.15) is 11.9 Å². The van der Waals surface area contributed by atoms with E-state index >= 15 is 0 Å². The van der Waals surface area contributed by atoms with E-state index in [1.165, 1.54) is 0 Å². The predicted molar refractivity (Wildman–Crippen MR) is 87.0 cm³/mol. The summed E-state index contributed by atoms with van der Waals surface area (Å²) in [5.74, 6) is -0.0871. The first kappa shape index (κ1) is 16.0. The van der Waals surface area contributed by atoms with Crippen LogP contribution in [0.1, 0.15) is 49.0 Å². The minimum atomic E-state index is -0.486. The van der Waals surface area contributed by atoms with Crippen LogP contribution >= 0.6 is 0 Å². The zero-order chi connectivity index (χ0) is 17.3. The number of esters is 1. The van der Waals surface area contributed by atoms with E-state index in [4.69, 9.17) is 9.47 Å². The Balaban J connectivity index is 1.72. The molecule has 1 aliphatic heterocycles. The van der Waals surface area contributed by atoms with E-state index in [1.54, 1.807) is 42.1 Å². The maximum absolute atomic E-state index is 12.2. The summed E-state index contributed by atoms with van der Waals surface area (Å²) in [7, 11) is 0. The molecule has 24 heavy (non-hydrogen) atoms. The summed E-state index contributed by atoms with van der Waals surface area (Å²) >= 11 is 0. The van der Waals surface area contributed by atoms with E-state index in [1.807, 2.05) is 13.8 Å². The highest BCUT2D eigenvalue weighted by Crippen LogP contribution is 2.31. The van der Waals surface area contributed by atoms with E-state index in [-0.39, 0.29) is 24.2 Å². The number of anilines is 1. The molecule has 7 heteroatoms. The van der Waals surface area contributed by atoms with Crippen molar-refractivity contribution < 1.29 is 19.1 Å². The van der Waals surface area contributed by atoms with Crippen molar-refractivity contribution >= 4 is 17.6 Å². The molecule has 0 saturated heterocycles. The van der Waals surface area contributed by atoms with Crippen LogP contribution in [0.5, 0.6) is 5.75 Å². The number of rotatable bonds is 4. The monoisotopic (exact) mass is 329 g/mol. The zero-order valence-corrected chi connectivity index (χ0v) is 13.8. The average Bonchev–Trinajstić information content (AvgIpc) is 3.04. The standard InChI is InChI=1S/C17H19N3O4/c1-10(2)20-7-6-13(19-20)17(22)24-11(3)12-4-5-15-14(8-12)18-16(21)9-23-15/h4-8,10-11H,9H2,1-3H3,(H,18,21)/t11-/m0/s1. The Bertz CT molecular complexity index is 782. The Morgan fingerprint density at radius 3 is 2.83 bits per heavy atom. The number of amides is 1. The first-order valence-electron chi connectivity index (χ1n) is 7.77. The minimum absolute atomic E-state index is 0.00932. The van der Waals surface area contributed by atoms with Crippen LogP contribution in [0, 0.1) is 0 Å². The summed E-state index contributed by atoms with van der Waals surface area (Å²) in [6, 6.07) is 7.11. The molecule has 126 valence electrons. The Morgan fingerprint density at radius 2 is 2.12 bits per heavy atom. The second-order valence-corrected chi connectivity index (χ2v) is 5.91. The molecule has 2 aromatic rings. The summed E-state index contributed by atoms with van der Waals surface area (Å²) in [5.41, 5.74) is 1.61. The molecular weight excluding hydrogens is 310 g/mol. The molecule has 1 amide bonds. The maximum Gasteiger partial charge on any atom is 0.359 e. The minimum Gasteiger partial charge on any atom is -0.482 e. The number of fused-ring (bicyclic) bond motifs is 1. The lowest BCUT2D eigenvalue weighted by Crippen LogP contribution is -2.25. The number of carbonyl (C=O) groups excluding carboxylic acids is 2. The molecule has 1 aromatic heterocycles. The molecule has 2 heterocycles. The average molecular weight is 329 g/mol. The van der Waals surface area contributed by atoms with Gasteiger partial charge in [0.25, 0.3) is 5.91 Å². The van der Waals surface area contributed by atoms with Gasteiger partial charge < -0.3 is 14.8 Å². The third kappa shape index (κ3) is 3.24.